The molecular formula is C24H19ClFNO3S. The summed E-state index contributed by atoms with van der Waals surface area (Å²) in [5.41, 5.74) is 0.853. The molecule has 1 aliphatic rings. The lowest BCUT2D eigenvalue weighted by molar-refractivity contribution is -0.123. The average Bonchev–Trinajstić information content (AvgIpc) is 3.03. The molecule has 0 unspecified atom stereocenters. The largest absolute Gasteiger partial charge is 0.493 e. The van der Waals surface area contributed by atoms with Gasteiger partial charge in [0, 0.05) is 16.1 Å². The van der Waals surface area contributed by atoms with E-state index < -0.39 is 17.0 Å². The summed E-state index contributed by atoms with van der Waals surface area (Å²) < 4.78 is 20.1. The lowest BCUT2D eigenvalue weighted by atomic mass is 10.0. The fourth-order valence-corrected chi connectivity index (χ4v) is 4.41. The van der Waals surface area contributed by atoms with Crippen molar-refractivity contribution in [2.24, 2.45) is 0 Å². The summed E-state index contributed by atoms with van der Waals surface area (Å²) in [7, 11) is 0. The van der Waals surface area contributed by atoms with Gasteiger partial charge in [0.15, 0.2) is 0 Å². The van der Waals surface area contributed by atoms with Gasteiger partial charge in [-0.3, -0.25) is 14.5 Å². The number of fused-ring (bicyclic) bond motifs is 1. The molecule has 4 nitrogen and oxygen atoms in total. The van der Waals surface area contributed by atoms with E-state index in [1.807, 2.05) is 43.3 Å². The Hall–Kier alpha value is -2.83. The third-order valence-corrected chi connectivity index (χ3v) is 6.18. The lowest BCUT2D eigenvalue weighted by Gasteiger charge is -2.14. The minimum Gasteiger partial charge on any atom is -0.493 e. The molecule has 0 aliphatic carbocycles. The van der Waals surface area contributed by atoms with E-state index in [9.17, 15) is 14.0 Å². The molecule has 0 aromatic heterocycles. The fourth-order valence-electron chi connectivity index (χ4n) is 3.37. The minimum absolute atomic E-state index is 0.116. The van der Waals surface area contributed by atoms with Crippen molar-refractivity contribution >= 4 is 51.4 Å². The minimum atomic E-state index is -0.556. The number of ether oxygens (including phenoxy) is 1. The number of hydrogen-bond acceptors (Lipinski definition) is 4. The van der Waals surface area contributed by atoms with Crippen LogP contribution in [-0.2, 0) is 11.3 Å². The van der Waals surface area contributed by atoms with Crippen LogP contribution in [0.15, 0.2) is 59.5 Å². The van der Waals surface area contributed by atoms with Crippen LogP contribution in [0.5, 0.6) is 5.75 Å². The third kappa shape index (κ3) is 4.31. The molecule has 3 aromatic carbocycles. The number of nitrogens with zero attached hydrogens (tertiary/aromatic N) is 1. The number of imide groups is 1. The van der Waals surface area contributed by atoms with Gasteiger partial charge in [0.1, 0.15) is 11.6 Å². The van der Waals surface area contributed by atoms with E-state index in [1.165, 1.54) is 18.2 Å². The molecule has 31 heavy (non-hydrogen) atoms. The number of carbonyl (C=O) groups excluding carboxylic acids is 2. The zero-order valence-corrected chi connectivity index (χ0v) is 18.3. The molecule has 0 atom stereocenters. The predicted octanol–water partition coefficient (Wildman–Crippen LogP) is 6.66. The van der Waals surface area contributed by atoms with E-state index in [4.69, 9.17) is 16.3 Å². The standard InChI is InChI=1S/C24H19ClFNO3S/c1-2-12-30-21-11-10-15-6-3-4-7-16(15)17(21)13-22-23(28)27(24(29)31-22)14-18-19(25)8-5-9-20(18)26/h3-11,13H,2,12,14H2,1H3. The van der Waals surface area contributed by atoms with Crippen molar-refractivity contribution in [3.05, 3.63) is 81.5 Å². The molecule has 1 aliphatic heterocycles. The smallest absolute Gasteiger partial charge is 0.293 e. The molecule has 0 saturated carbocycles. The molecule has 0 spiro atoms. The first kappa shape index (κ1) is 21.4. The summed E-state index contributed by atoms with van der Waals surface area (Å²) in [6.07, 6.45) is 2.52. The molecule has 1 fully saturated rings. The number of amides is 2. The molecule has 7 heteroatoms. The summed E-state index contributed by atoms with van der Waals surface area (Å²) in [6.45, 7) is 2.33. The fraction of sp³-hybridized carbons (Fsp3) is 0.167. The van der Waals surface area contributed by atoms with Gasteiger partial charge in [-0.2, -0.15) is 0 Å². The van der Waals surface area contributed by atoms with Crippen molar-refractivity contribution < 1.29 is 18.7 Å². The van der Waals surface area contributed by atoms with Crippen LogP contribution in [0, 0.1) is 5.82 Å². The summed E-state index contributed by atoms with van der Waals surface area (Å²) in [5, 5.41) is 1.62. The maximum atomic E-state index is 14.2. The van der Waals surface area contributed by atoms with Gasteiger partial charge in [0.2, 0.25) is 0 Å². The second kappa shape index (κ2) is 9.12. The van der Waals surface area contributed by atoms with Crippen molar-refractivity contribution in [3.63, 3.8) is 0 Å². The number of hydrogen-bond donors (Lipinski definition) is 0. The average molecular weight is 456 g/mol. The Bertz CT molecular complexity index is 1190. The highest BCUT2D eigenvalue weighted by molar-refractivity contribution is 8.18. The summed E-state index contributed by atoms with van der Waals surface area (Å²) in [4.78, 5) is 26.9. The topological polar surface area (TPSA) is 46.6 Å². The van der Waals surface area contributed by atoms with Crippen molar-refractivity contribution in [3.8, 4) is 5.75 Å². The number of carbonyl (C=O) groups is 2. The summed E-state index contributed by atoms with van der Waals surface area (Å²) in [6, 6.07) is 15.9. The van der Waals surface area contributed by atoms with Crippen LogP contribution in [0.4, 0.5) is 9.18 Å². The normalized spacial score (nSPS) is 15.3. The summed E-state index contributed by atoms with van der Waals surface area (Å²) in [5.74, 6) is -0.395. The Morgan fingerprint density at radius 2 is 1.90 bits per heavy atom. The van der Waals surface area contributed by atoms with Crippen molar-refractivity contribution in [1.82, 2.24) is 4.90 Å². The predicted molar refractivity (Wildman–Crippen MR) is 123 cm³/mol. The second-order valence-electron chi connectivity index (χ2n) is 7.02. The Morgan fingerprint density at radius 3 is 2.68 bits per heavy atom. The Balaban J connectivity index is 1.72. The first-order valence-electron chi connectivity index (χ1n) is 9.82. The first-order chi connectivity index (χ1) is 15.0. The maximum Gasteiger partial charge on any atom is 0.293 e. The van der Waals surface area contributed by atoms with Crippen molar-refractivity contribution in [2.75, 3.05) is 6.61 Å². The molecule has 0 bridgehead atoms. The van der Waals surface area contributed by atoms with Crippen LogP contribution >= 0.6 is 23.4 Å². The number of halogens is 2. The van der Waals surface area contributed by atoms with Gasteiger partial charge in [-0.25, -0.2) is 4.39 Å². The van der Waals surface area contributed by atoms with Crippen LogP contribution < -0.4 is 4.74 Å². The highest BCUT2D eigenvalue weighted by atomic mass is 35.5. The van der Waals surface area contributed by atoms with Gasteiger partial charge in [0.05, 0.1) is 18.1 Å². The first-order valence-corrected chi connectivity index (χ1v) is 11.0. The monoisotopic (exact) mass is 455 g/mol. The van der Waals surface area contributed by atoms with Crippen molar-refractivity contribution in [2.45, 2.75) is 19.9 Å². The number of thioether (sulfide) groups is 1. The number of benzene rings is 3. The van der Waals surface area contributed by atoms with Gasteiger partial charge in [-0.15, -0.1) is 0 Å². The van der Waals surface area contributed by atoms with Crippen LogP contribution in [0.3, 0.4) is 0 Å². The van der Waals surface area contributed by atoms with E-state index in [-0.39, 0.29) is 22.0 Å². The molecule has 0 N–H and O–H groups in total. The molecule has 3 aromatic rings. The van der Waals surface area contributed by atoms with Crippen LogP contribution in [-0.4, -0.2) is 22.7 Å². The van der Waals surface area contributed by atoms with Gasteiger partial charge < -0.3 is 4.74 Å². The van der Waals surface area contributed by atoms with Crippen LogP contribution in [0.25, 0.3) is 16.8 Å². The quantitative estimate of drug-likeness (QED) is 0.390. The Kier molecular flexibility index (Phi) is 6.30. The van der Waals surface area contributed by atoms with E-state index >= 15 is 0 Å². The highest BCUT2D eigenvalue weighted by Crippen LogP contribution is 2.38. The van der Waals surface area contributed by atoms with E-state index in [2.05, 4.69) is 0 Å². The highest BCUT2D eigenvalue weighted by Gasteiger charge is 2.36. The number of rotatable bonds is 6. The van der Waals surface area contributed by atoms with Gasteiger partial charge in [0.25, 0.3) is 11.1 Å². The Morgan fingerprint density at radius 1 is 1.10 bits per heavy atom. The maximum absolute atomic E-state index is 14.2. The third-order valence-electron chi connectivity index (χ3n) is 4.92. The van der Waals surface area contributed by atoms with Gasteiger partial charge in [-0.1, -0.05) is 54.9 Å². The second-order valence-corrected chi connectivity index (χ2v) is 8.42. The van der Waals surface area contributed by atoms with Crippen LogP contribution in [0.1, 0.15) is 24.5 Å². The lowest BCUT2D eigenvalue weighted by Crippen LogP contribution is -2.28. The molecule has 2 amide bonds. The molecule has 0 radical (unpaired) electrons. The molecule has 158 valence electrons. The molecular weight excluding hydrogens is 437 g/mol. The molecule has 1 heterocycles. The zero-order chi connectivity index (χ0) is 22.0. The van der Waals surface area contributed by atoms with Gasteiger partial charge >= 0.3 is 0 Å². The van der Waals surface area contributed by atoms with Gasteiger partial charge in [-0.05, 0) is 53.2 Å². The van der Waals surface area contributed by atoms with Crippen molar-refractivity contribution in [1.29, 1.82) is 0 Å². The molecule has 1 saturated heterocycles. The SMILES string of the molecule is CCCOc1ccc2ccccc2c1C=C1SC(=O)N(Cc2c(F)cccc2Cl)C1=O. The molecule has 4 rings (SSSR count). The van der Waals surface area contributed by atoms with E-state index in [0.717, 1.165) is 39.4 Å². The van der Waals surface area contributed by atoms with E-state index in [0.29, 0.717) is 12.4 Å². The zero-order valence-electron chi connectivity index (χ0n) is 16.7. The van der Waals surface area contributed by atoms with E-state index in [1.54, 1.807) is 6.08 Å². The van der Waals surface area contributed by atoms with Crippen LogP contribution in [0.2, 0.25) is 5.02 Å². The summed E-state index contributed by atoms with van der Waals surface area (Å²) >= 11 is 6.90. The Labute approximate surface area is 188 Å².